The summed E-state index contributed by atoms with van der Waals surface area (Å²) in [6.45, 7) is 2.95. The Balaban J connectivity index is 1.40. The van der Waals surface area contributed by atoms with Crippen molar-refractivity contribution in [2.75, 3.05) is 11.9 Å². The Morgan fingerprint density at radius 3 is 2.65 bits per heavy atom. The molecule has 0 aliphatic carbocycles. The molecule has 6 nitrogen and oxygen atoms in total. The third-order valence-electron chi connectivity index (χ3n) is 3.97. The second-order valence-electron chi connectivity index (χ2n) is 5.80. The van der Waals surface area contributed by atoms with Crippen molar-refractivity contribution in [2.24, 2.45) is 0 Å². The van der Waals surface area contributed by atoms with Crippen molar-refractivity contribution in [1.82, 2.24) is 20.3 Å². The van der Waals surface area contributed by atoms with Crippen LogP contribution in [0.15, 0.2) is 58.4 Å². The van der Waals surface area contributed by atoms with E-state index in [9.17, 15) is 0 Å². The maximum atomic E-state index is 5.31. The van der Waals surface area contributed by atoms with Crippen LogP contribution >= 0.6 is 11.3 Å². The number of rotatable bonds is 6. The van der Waals surface area contributed by atoms with Crippen LogP contribution in [0.4, 0.5) is 5.82 Å². The maximum absolute atomic E-state index is 5.31. The molecule has 0 saturated heterocycles. The monoisotopic (exact) mass is 363 g/mol. The third-order valence-corrected chi connectivity index (χ3v) is 5.05. The summed E-state index contributed by atoms with van der Waals surface area (Å²) in [6, 6.07) is 15.5. The second kappa shape index (κ2) is 7.45. The van der Waals surface area contributed by atoms with Crippen molar-refractivity contribution >= 4 is 17.2 Å². The second-order valence-corrected chi connectivity index (χ2v) is 6.80. The molecule has 0 saturated carbocycles. The quantitative estimate of drug-likeness (QED) is 0.553. The average Bonchev–Trinajstić information content (AvgIpc) is 3.33. The molecule has 7 heteroatoms. The van der Waals surface area contributed by atoms with Crippen LogP contribution in [0.2, 0.25) is 0 Å². The molecule has 4 aromatic rings. The zero-order chi connectivity index (χ0) is 17.8. The lowest BCUT2D eigenvalue weighted by Gasteiger charge is -2.04. The number of aryl methyl sites for hydroxylation is 1. The highest BCUT2D eigenvalue weighted by Crippen LogP contribution is 2.21. The SMILES string of the molecule is Cc1ccsc1CCNc1ccc(-c2nc(-c3ccccc3)no2)nn1. The predicted molar refractivity (Wildman–Crippen MR) is 102 cm³/mol. The van der Waals surface area contributed by atoms with E-state index in [1.54, 1.807) is 11.3 Å². The highest BCUT2D eigenvalue weighted by Gasteiger charge is 2.12. The highest BCUT2D eigenvalue weighted by molar-refractivity contribution is 7.10. The predicted octanol–water partition coefficient (Wildman–Crippen LogP) is 4.22. The van der Waals surface area contributed by atoms with E-state index in [-0.39, 0.29) is 0 Å². The summed E-state index contributed by atoms with van der Waals surface area (Å²) in [5, 5.41) is 17.8. The van der Waals surface area contributed by atoms with Crippen LogP contribution in [-0.2, 0) is 6.42 Å². The summed E-state index contributed by atoms with van der Waals surface area (Å²) < 4.78 is 5.31. The van der Waals surface area contributed by atoms with Gasteiger partial charge in [0.05, 0.1) is 0 Å². The fraction of sp³-hybridized carbons (Fsp3) is 0.158. The molecule has 0 atom stereocenters. The van der Waals surface area contributed by atoms with Gasteiger partial charge in [-0.1, -0.05) is 35.5 Å². The van der Waals surface area contributed by atoms with Gasteiger partial charge in [0, 0.05) is 17.0 Å². The summed E-state index contributed by atoms with van der Waals surface area (Å²) in [7, 11) is 0. The number of hydrogen-bond acceptors (Lipinski definition) is 7. The molecule has 1 N–H and O–H groups in total. The zero-order valence-electron chi connectivity index (χ0n) is 14.2. The fourth-order valence-electron chi connectivity index (χ4n) is 2.54. The van der Waals surface area contributed by atoms with Crippen LogP contribution in [0.25, 0.3) is 23.0 Å². The van der Waals surface area contributed by atoms with Gasteiger partial charge >= 0.3 is 0 Å². The van der Waals surface area contributed by atoms with Gasteiger partial charge in [0.15, 0.2) is 5.69 Å². The summed E-state index contributed by atoms with van der Waals surface area (Å²) in [5.41, 5.74) is 2.79. The number of thiophene rings is 1. The number of anilines is 1. The lowest BCUT2D eigenvalue weighted by Crippen LogP contribution is -2.06. The Hall–Kier alpha value is -3.06. The van der Waals surface area contributed by atoms with Crippen LogP contribution in [-0.4, -0.2) is 26.9 Å². The molecular formula is C19H17N5OS. The molecule has 0 spiro atoms. The summed E-state index contributed by atoms with van der Waals surface area (Å²) in [4.78, 5) is 5.78. The van der Waals surface area contributed by atoms with Gasteiger partial charge in [-0.2, -0.15) is 4.98 Å². The Morgan fingerprint density at radius 1 is 1.04 bits per heavy atom. The Bertz CT molecular complexity index is 979. The van der Waals surface area contributed by atoms with E-state index in [1.165, 1.54) is 10.4 Å². The summed E-state index contributed by atoms with van der Waals surface area (Å²) in [6.07, 6.45) is 0.969. The molecule has 130 valence electrons. The van der Waals surface area contributed by atoms with Gasteiger partial charge in [-0.15, -0.1) is 21.5 Å². The van der Waals surface area contributed by atoms with E-state index in [0.29, 0.717) is 17.4 Å². The van der Waals surface area contributed by atoms with Crippen LogP contribution in [0.5, 0.6) is 0 Å². The van der Waals surface area contributed by atoms with E-state index < -0.39 is 0 Å². The number of hydrogen-bond donors (Lipinski definition) is 1. The van der Waals surface area contributed by atoms with Gasteiger partial charge in [-0.05, 0) is 42.5 Å². The van der Waals surface area contributed by atoms with Crippen molar-refractivity contribution in [1.29, 1.82) is 0 Å². The molecule has 0 radical (unpaired) electrons. The molecule has 0 amide bonds. The topological polar surface area (TPSA) is 76.7 Å². The molecule has 3 heterocycles. The van der Waals surface area contributed by atoms with Crippen LogP contribution in [0.1, 0.15) is 10.4 Å². The molecule has 1 aromatic carbocycles. The molecule has 4 rings (SSSR count). The average molecular weight is 363 g/mol. The normalized spacial score (nSPS) is 10.8. The molecule has 0 unspecified atom stereocenters. The van der Waals surface area contributed by atoms with Crippen LogP contribution in [0.3, 0.4) is 0 Å². The Morgan fingerprint density at radius 2 is 1.92 bits per heavy atom. The molecule has 0 bridgehead atoms. The first-order valence-electron chi connectivity index (χ1n) is 8.30. The first kappa shape index (κ1) is 16.4. The van der Waals surface area contributed by atoms with Gasteiger partial charge in [0.1, 0.15) is 5.82 Å². The molecule has 0 aliphatic rings. The third kappa shape index (κ3) is 3.62. The number of aromatic nitrogens is 4. The van der Waals surface area contributed by atoms with E-state index in [0.717, 1.165) is 24.3 Å². The zero-order valence-corrected chi connectivity index (χ0v) is 15.0. The Labute approximate surface area is 154 Å². The van der Waals surface area contributed by atoms with E-state index in [2.05, 4.69) is 44.0 Å². The van der Waals surface area contributed by atoms with Gasteiger partial charge < -0.3 is 9.84 Å². The van der Waals surface area contributed by atoms with E-state index in [1.807, 2.05) is 42.5 Å². The first-order chi connectivity index (χ1) is 12.8. The van der Waals surface area contributed by atoms with E-state index in [4.69, 9.17) is 4.52 Å². The lowest BCUT2D eigenvalue weighted by atomic mass is 10.2. The molecule has 3 aromatic heterocycles. The minimum absolute atomic E-state index is 0.358. The number of benzene rings is 1. The highest BCUT2D eigenvalue weighted by atomic mass is 32.1. The van der Waals surface area contributed by atoms with Gasteiger partial charge in [-0.3, -0.25) is 0 Å². The standard InChI is InChI=1S/C19H17N5OS/c1-13-10-12-26-16(13)9-11-20-17-8-7-15(22-23-17)19-21-18(24-25-19)14-5-3-2-4-6-14/h2-8,10,12H,9,11H2,1H3,(H,20,23). The van der Waals surface area contributed by atoms with Crippen molar-refractivity contribution < 1.29 is 4.52 Å². The van der Waals surface area contributed by atoms with Crippen molar-refractivity contribution in [3.8, 4) is 23.0 Å². The molecule has 0 fully saturated rings. The summed E-state index contributed by atoms with van der Waals surface area (Å²) >= 11 is 1.78. The van der Waals surface area contributed by atoms with Gasteiger partial charge in [0.2, 0.25) is 5.82 Å². The van der Waals surface area contributed by atoms with E-state index >= 15 is 0 Å². The first-order valence-corrected chi connectivity index (χ1v) is 9.17. The van der Waals surface area contributed by atoms with Crippen LogP contribution < -0.4 is 5.32 Å². The van der Waals surface area contributed by atoms with Crippen LogP contribution in [0, 0.1) is 6.92 Å². The maximum Gasteiger partial charge on any atom is 0.278 e. The largest absolute Gasteiger partial charge is 0.368 e. The summed E-state index contributed by atoms with van der Waals surface area (Å²) in [5.74, 6) is 1.62. The van der Waals surface area contributed by atoms with Crippen molar-refractivity contribution in [3.63, 3.8) is 0 Å². The van der Waals surface area contributed by atoms with Gasteiger partial charge in [0.25, 0.3) is 5.89 Å². The number of nitrogens with one attached hydrogen (secondary N) is 1. The minimum atomic E-state index is 0.358. The lowest BCUT2D eigenvalue weighted by molar-refractivity contribution is 0.430. The number of nitrogens with zero attached hydrogens (tertiary/aromatic N) is 4. The minimum Gasteiger partial charge on any atom is -0.368 e. The smallest absolute Gasteiger partial charge is 0.278 e. The van der Waals surface area contributed by atoms with Crippen molar-refractivity contribution in [3.05, 3.63) is 64.4 Å². The van der Waals surface area contributed by atoms with Crippen molar-refractivity contribution in [2.45, 2.75) is 13.3 Å². The molecule has 0 aliphatic heterocycles. The fourth-order valence-corrected chi connectivity index (χ4v) is 3.45. The Kier molecular flexibility index (Phi) is 4.70. The van der Waals surface area contributed by atoms with Gasteiger partial charge in [-0.25, -0.2) is 0 Å². The molecule has 26 heavy (non-hydrogen) atoms. The molecular weight excluding hydrogens is 346 g/mol.